The Bertz CT molecular complexity index is 1120. The lowest BCUT2D eigenvalue weighted by molar-refractivity contribution is -0.136. The minimum absolute atomic E-state index is 0.0649. The summed E-state index contributed by atoms with van der Waals surface area (Å²) >= 11 is 0. The molecule has 0 radical (unpaired) electrons. The molecule has 0 saturated carbocycles. The van der Waals surface area contributed by atoms with Gasteiger partial charge in [-0.3, -0.25) is 9.48 Å². The second kappa shape index (κ2) is 8.22. The number of nitrogens with zero attached hydrogens (tertiary/aromatic N) is 5. The summed E-state index contributed by atoms with van der Waals surface area (Å²) < 4.78 is 48.5. The minimum Gasteiger partial charge on any atom is -0.339 e. The van der Waals surface area contributed by atoms with Gasteiger partial charge in [-0.05, 0) is 38.7 Å². The molecule has 10 heteroatoms. The molecule has 4 rings (SSSR count). The summed E-state index contributed by atoms with van der Waals surface area (Å²) in [5.41, 5.74) is 0.249. The van der Waals surface area contributed by atoms with E-state index in [9.17, 15) is 18.0 Å². The van der Waals surface area contributed by atoms with E-state index in [2.05, 4.69) is 15.2 Å². The fourth-order valence-electron chi connectivity index (χ4n) is 4.06. The lowest BCUT2D eigenvalue weighted by Crippen LogP contribution is -2.38. The fraction of sp³-hybridized carbons (Fsp3) is 0.545. The van der Waals surface area contributed by atoms with E-state index >= 15 is 0 Å². The topological polar surface area (TPSA) is 77.0 Å². The third-order valence-corrected chi connectivity index (χ3v) is 5.94. The van der Waals surface area contributed by atoms with Crippen LogP contribution < -0.4 is 0 Å². The molecule has 4 heterocycles. The van der Waals surface area contributed by atoms with Gasteiger partial charge in [0.1, 0.15) is 0 Å². The highest BCUT2D eigenvalue weighted by atomic mass is 19.4. The number of fused-ring (bicyclic) bond motifs is 1. The van der Waals surface area contributed by atoms with Gasteiger partial charge in [0.05, 0.1) is 28.4 Å². The van der Waals surface area contributed by atoms with E-state index in [0.717, 1.165) is 6.07 Å². The molecule has 0 aromatic carbocycles. The number of hydrogen-bond donors (Lipinski definition) is 0. The summed E-state index contributed by atoms with van der Waals surface area (Å²) in [4.78, 5) is 18.8. The van der Waals surface area contributed by atoms with E-state index in [1.165, 1.54) is 0 Å². The molecule has 1 saturated heterocycles. The first kappa shape index (κ1) is 22.3. The molecule has 7 nitrogen and oxygen atoms in total. The molecule has 32 heavy (non-hydrogen) atoms. The zero-order valence-electron chi connectivity index (χ0n) is 18.5. The van der Waals surface area contributed by atoms with Crippen LogP contribution in [-0.2, 0) is 6.18 Å². The number of carbonyl (C=O) groups excluding carboxylic acids is 1. The van der Waals surface area contributed by atoms with Gasteiger partial charge in [-0.2, -0.15) is 18.3 Å². The highest BCUT2D eigenvalue weighted by Gasteiger charge is 2.38. The molecule has 0 spiro atoms. The Morgan fingerprint density at radius 2 is 1.88 bits per heavy atom. The lowest BCUT2D eigenvalue weighted by atomic mass is 9.90. The van der Waals surface area contributed by atoms with Crippen molar-refractivity contribution >= 4 is 17.0 Å². The highest BCUT2D eigenvalue weighted by Crippen LogP contribution is 2.41. The van der Waals surface area contributed by atoms with E-state index in [0.29, 0.717) is 37.2 Å². The number of rotatable bonds is 4. The third-order valence-electron chi connectivity index (χ3n) is 5.94. The van der Waals surface area contributed by atoms with E-state index in [-0.39, 0.29) is 40.6 Å². The summed E-state index contributed by atoms with van der Waals surface area (Å²) in [5, 5.41) is 8.13. The Labute approximate surface area is 183 Å². The molecule has 3 aromatic rings. The van der Waals surface area contributed by atoms with Crippen molar-refractivity contribution in [2.45, 2.75) is 64.6 Å². The molecule has 1 aliphatic rings. The Hall–Kier alpha value is -2.91. The largest absolute Gasteiger partial charge is 0.417 e. The Kier molecular flexibility index (Phi) is 5.72. The van der Waals surface area contributed by atoms with Crippen LogP contribution >= 0.6 is 0 Å². The predicted octanol–water partition coefficient (Wildman–Crippen LogP) is 5.16. The van der Waals surface area contributed by atoms with Crippen LogP contribution in [0.3, 0.4) is 0 Å². The normalized spacial score (nSPS) is 16.0. The van der Waals surface area contributed by atoms with E-state index in [1.807, 2.05) is 13.8 Å². The van der Waals surface area contributed by atoms with Gasteiger partial charge >= 0.3 is 6.18 Å². The molecule has 0 N–H and O–H groups in total. The average molecular weight is 449 g/mol. The van der Waals surface area contributed by atoms with Crippen molar-refractivity contribution in [2.24, 2.45) is 0 Å². The number of aromatic nitrogens is 4. The molecule has 0 atom stereocenters. The van der Waals surface area contributed by atoms with Crippen LogP contribution in [0.2, 0.25) is 0 Å². The second-order valence-electron chi connectivity index (χ2n) is 8.86. The van der Waals surface area contributed by atoms with Gasteiger partial charge in [0.25, 0.3) is 11.6 Å². The highest BCUT2D eigenvalue weighted by molar-refractivity contribution is 5.93. The number of halogens is 3. The number of piperidine rings is 1. The third kappa shape index (κ3) is 4.10. The molecule has 3 aromatic heterocycles. The molecule has 1 amide bonds. The molecule has 0 unspecified atom stereocenters. The Morgan fingerprint density at radius 1 is 1.19 bits per heavy atom. The minimum atomic E-state index is -4.54. The van der Waals surface area contributed by atoms with Gasteiger partial charge < -0.3 is 9.42 Å². The van der Waals surface area contributed by atoms with E-state index in [1.54, 1.807) is 35.8 Å². The summed E-state index contributed by atoms with van der Waals surface area (Å²) in [7, 11) is 0. The fourth-order valence-corrected chi connectivity index (χ4v) is 4.06. The van der Waals surface area contributed by atoms with Gasteiger partial charge in [0, 0.05) is 36.9 Å². The molecule has 0 bridgehead atoms. The van der Waals surface area contributed by atoms with Gasteiger partial charge in [0.2, 0.25) is 0 Å². The van der Waals surface area contributed by atoms with Crippen molar-refractivity contribution in [1.29, 1.82) is 0 Å². The smallest absolute Gasteiger partial charge is 0.339 e. The molecule has 172 valence electrons. The van der Waals surface area contributed by atoms with Crippen molar-refractivity contribution in [2.75, 3.05) is 13.1 Å². The zero-order chi connectivity index (χ0) is 23.2. The maximum Gasteiger partial charge on any atom is 0.417 e. The van der Waals surface area contributed by atoms with Gasteiger partial charge in [-0.15, -0.1) is 0 Å². The molecular formula is C22H26F3N5O2. The summed E-state index contributed by atoms with van der Waals surface area (Å²) in [6.07, 6.45) is -0.285. The van der Waals surface area contributed by atoms with E-state index < -0.39 is 11.7 Å². The van der Waals surface area contributed by atoms with Crippen molar-refractivity contribution in [3.05, 3.63) is 41.0 Å². The number of alkyl halides is 3. The Morgan fingerprint density at radius 3 is 2.44 bits per heavy atom. The van der Waals surface area contributed by atoms with Crippen LogP contribution in [0, 0.1) is 0 Å². The SMILES string of the molecule is CC(C)c1cc(C(F)(F)F)c2c(C3CCN(C(=O)c4cnn(C(C)C)c4)CC3)noc2n1. The first-order valence-corrected chi connectivity index (χ1v) is 10.8. The first-order chi connectivity index (χ1) is 15.1. The first-order valence-electron chi connectivity index (χ1n) is 10.8. The lowest BCUT2D eigenvalue weighted by Gasteiger charge is -2.31. The number of hydrogen-bond acceptors (Lipinski definition) is 5. The number of likely N-dealkylation sites (tertiary alicyclic amines) is 1. The molecule has 1 fully saturated rings. The standard InChI is InChI=1S/C22H26F3N5O2/c1-12(2)17-9-16(22(23,24)25)18-19(28-32-20(18)27-17)14-5-7-29(8-6-14)21(31)15-10-26-30(11-15)13(3)4/h9-14H,5-8H2,1-4H3. The van der Waals surface area contributed by atoms with Crippen LogP contribution in [-0.4, -0.2) is 43.8 Å². The van der Waals surface area contributed by atoms with Crippen LogP contribution in [0.4, 0.5) is 13.2 Å². The summed E-state index contributed by atoms with van der Waals surface area (Å²) in [5.74, 6) is -0.547. The van der Waals surface area contributed by atoms with E-state index in [4.69, 9.17) is 4.52 Å². The Balaban J connectivity index is 1.57. The number of carbonyl (C=O) groups is 1. The van der Waals surface area contributed by atoms with Crippen molar-refractivity contribution < 1.29 is 22.5 Å². The monoisotopic (exact) mass is 449 g/mol. The van der Waals surface area contributed by atoms with Crippen molar-refractivity contribution in [1.82, 2.24) is 24.8 Å². The van der Waals surface area contributed by atoms with Crippen molar-refractivity contribution in [3.8, 4) is 0 Å². The van der Waals surface area contributed by atoms with Gasteiger partial charge in [-0.25, -0.2) is 4.98 Å². The maximum absolute atomic E-state index is 13.8. The average Bonchev–Trinajstić information content (AvgIpc) is 3.39. The molecule has 0 aliphatic carbocycles. The molecule has 1 aliphatic heterocycles. The summed E-state index contributed by atoms with van der Waals surface area (Å²) in [6, 6.07) is 1.24. The van der Waals surface area contributed by atoms with Crippen molar-refractivity contribution in [3.63, 3.8) is 0 Å². The zero-order valence-corrected chi connectivity index (χ0v) is 18.5. The van der Waals surface area contributed by atoms with Crippen LogP contribution in [0.15, 0.2) is 23.0 Å². The summed E-state index contributed by atoms with van der Waals surface area (Å²) in [6.45, 7) is 8.35. The van der Waals surface area contributed by atoms with Crippen LogP contribution in [0.25, 0.3) is 11.1 Å². The number of amides is 1. The quantitative estimate of drug-likeness (QED) is 0.550. The van der Waals surface area contributed by atoms with Gasteiger partial charge in [0.15, 0.2) is 0 Å². The van der Waals surface area contributed by atoms with Crippen LogP contribution in [0.1, 0.15) is 85.7 Å². The predicted molar refractivity (Wildman–Crippen MR) is 111 cm³/mol. The maximum atomic E-state index is 13.8. The number of pyridine rings is 1. The van der Waals surface area contributed by atoms with Crippen LogP contribution in [0.5, 0.6) is 0 Å². The molecular weight excluding hydrogens is 423 g/mol. The van der Waals surface area contributed by atoms with Gasteiger partial charge in [-0.1, -0.05) is 19.0 Å². The second-order valence-corrected chi connectivity index (χ2v) is 8.86.